The van der Waals surface area contributed by atoms with Crippen LogP contribution in [0.25, 0.3) is 22.1 Å². The zero-order valence-corrected chi connectivity index (χ0v) is 8.79. The molecule has 0 bridgehead atoms. The highest BCUT2D eigenvalue weighted by Crippen LogP contribution is 2.20. The van der Waals surface area contributed by atoms with Crippen molar-refractivity contribution in [2.24, 2.45) is 0 Å². The summed E-state index contributed by atoms with van der Waals surface area (Å²) in [5, 5.41) is 9.38. The van der Waals surface area contributed by atoms with Gasteiger partial charge in [0.15, 0.2) is 0 Å². The molecule has 0 unspecified atom stereocenters. The fourth-order valence-corrected chi connectivity index (χ4v) is 1.75. The molecule has 0 aliphatic rings. The average Bonchev–Trinajstić information content (AvgIpc) is 2.35. The van der Waals surface area contributed by atoms with E-state index in [4.69, 9.17) is 0 Å². The molecule has 0 atom stereocenters. The van der Waals surface area contributed by atoms with Crippen molar-refractivity contribution >= 4 is 28.4 Å². The smallest absolute Gasteiger partial charge is 0.150 e. The third kappa shape index (κ3) is 1.59. The molecule has 0 fully saturated rings. The van der Waals surface area contributed by atoms with Gasteiger partial charge in [0.05, 0.1) is 22.1 Å². The summed E-state index contributed by atoms with van der Waals surface area (Å²) in [5.74, 6) is 0.151. The van der Waals surface area contributed by atoms with E-state index in [1.165, 1.54) is 0 Å². The standard InChI is InChI=1S/C13H8N2O2/c16-7-8-1-3-10-12(5-8)15-13-6-9(17)2-4-11(13)14-10/h1-7,17H. The van der Waals surface area contributed by atoms with Crippen molar-refractivity contribution in [2.45, 2.75) is 0 Å². The van der Waals surface area contributed by atoms with Crippen molar-refractivity contribution < 1.29 is 9.90 Å². The first-order chi connectivity index (χ1) is 8.26. The molecule has 4 nitrogen and oxygen atoms in total. The van der Waals surface area contributed by atoms with Crippen molar-refractivity contribution in [1.82, 2.24) is 9.97 Å². The van der Waals surface area contributed by atoms with E-state index in [2.05, 4.69) is 9.97 Å². The van der Waals surface area contributed by atoms with E-state index in [9.17, 15) is 9.90 Å². The molecule has 0 saturated carbocycles. The van der Waals surface area contributed by atoms with Crippen molar-refractivity contribution in [1.29, 1.82) is 0 Å². The summed E-state index contributed by atoms with van der Waals surface area (Å²) in [5.41, 5.74) is 3.27. The van der Waals surface area contributed by atoms with Gasteiger partial charge in [0.2, 0.25) is 0 Å². The van der Waals surface area contributed by atoms with Crippen LogP contribution in [0.3, 0.4) is 0 Å². The number of hydrogen-bond donors (Lipinski definition) is 1. The maximum atomic E-state index is 10.7. The molecule has 0 saturated heterocycles. The highest BCUT2D eigenvalue weighted by Gasteiger charge is 2.03. The molecule has 0 aliphatic heterocycles. The van der Waals surface area contributed by atoms with Gasteiger partial charge in [-0.1, -0.05) is 0 Å². The molecular formula is C13H8N2O2. The van der Waals surface area contributed by atoms with Gasteiger partial charge >= 0.3 is 0 Å². The first-order valence-electron chi connectivity index (χ1n) is 5.12. The van der Waals surface area contributed by atoms with Crippen LogP contribution >= 0.6 is 0 Å². The Hall–Kier alpha value is -2.49. The summed E-state index contributed by atoms with van der Waals surface area (Å²) < 4.78 is 0. The van der Waals surface area contributed by atoms with E-state index in [0.29, 0.717) is 22.1 Å². The van der Waals surface area contributed by atoms with E-state index in [0.717, 1.165) is 11.8 Å². The summed E-state index contributed by atoms with van der Waals surface area (Å²) in [4.78, 5) is 19.5. The molecule has 1 aromatic heterocycles. The van der Waals surface area contributed by atoms with Gasteiger partial charge in [-0.25, -0.2) is 9.97 Å². The predicted molar refractivity (Wildman–Crippen MR) is 64.1 cm³/mol. The number of phenols is 1. The van der Waals surface area contributed by atoms with Crippen molar-refractivity contribution in [3.05, 3.63) is 42.0 Å². The van der Waals surface area contributed by atoms with Crippen LogP contribution in [0.1, 0.15) is 10.4 Å². The highest BCUT2D eigenvalue weighted by molar-refractivity contribution is 5.90. The van der Waals surface area contributed by atoms with Crippen LogP contribution in [-0.4, -0.2) is 21.4 Å². The number of rotatable bonds is 1. The minimum atomic E-state index is 0.151. The molecule has 0 radical (unpaired) electrons. The SMILES string of the molecule is O=Cc1ccc2nc3ccc(O)cc3nc2c1. The number of phenolic OH excluding ortho intramolecular Hbond substituents is 1. The molecule has 3 aromatic rings. The number of aromatic nitrogens is 2. The van der Waals surface area contributed by atoms with Gasteiger partial charge in [-0.2, -0.15) is 0 Å². The van der Waals surface area contributed by atoms with Gasteiger partial charge in [0, 0.05) is 11.6 Å². The van der Waals surface area contributed by atoms with E-state index in [1.54, 1.807) is 36.4 Å². The van der Waals surface area contributed by atoms with E-state index < -0.39 is 0 Å². The second-order valence-electron chi connectivity index (χ2n) is 3.76. The first kappa shape index (κ1) is 9.72. The minimum absolute atomic E-state index is 0.151. The zero-order chi connectivity index (χ0) is 11.8. The molecule has 82 valence electrons. The Bertz CT molecular complexity index is 738. The Morgan fingerprint density at radius 3 is 2.29 bits per heavy atom. The lowest BCUT2D eigenvalue weighted by molar-refractivity contribution is 0.112. The lowest BCUT2D eigenvalue weighted by Gasteiger charge is -2.01. The first-order valence-corrected chi connectivity index (χ1v) is 5.12. The Kier molecular flexibility index (Phi) is 2.01. The monoisotopic (exact) mass is 224 g/mol. The normalized spacial score (nSPS) is 10.8. The number of carbonyl (C=O) groups is 1. The van der Waals surface area contributed by atoms with Crippen LogP contribution in [-0.2, 0) is 0 Å². The fourth-order valence-electron chi connectivity index (χ4n) is 1.75. The molecule has 1 N–H and O–H groups in total. The number of fused-ring (bicyclic) bond motifs is 2. The molecule has 17 heavy (non-hydrogen) atoms. The lowest BCUT2D eigenvalue weighted by atomic mass is 10.2. The second-order valence-corrected chi connectivity index (χ2v) is 3.76. The Balaban J connectivity index is 2.39. The number of hydrogen-bond acceptors (Lipinski definition) is 4. The summed E-state index contributed by atoms with van der Waals surface area (Å²) in [7, 11) is 0. The summed E-state index contributed by atoms with van der Waals surface area (Å²) >= 11 is 0. The van der Waals surface area contributed by atoms with Gasteiger partial charge in [0.25, 0.3) is 0 Å². The summed E-state index contributed by atoms with van der Waals surface area (Å²) in [6.45, 7) is 0. The zero-order valence-electron chi connectivity index (χ0n) is 8.79. The Morgan fingerprint density at radius 1 is 0.882 bits per heavy atom. The molecule has 2 aromatic carbocycles. The Labute approximate surface area is 96.6 Å². The van der Waals surface area contributed by atoms with Crippen molar-refractivity contribution in [3.8, 4) is 5.75 Å². The number of carbonyl (C=O) groups excluding carboxylic acids is 1. The van der Waals surface area contributed by atoms with Gasteiger partial charge in [-0.15, -0.1) is 0 Å². The molecule has 0 amide bonds. The van der Waals surface area contributed by atoms with Gasteiger partial charge in [-0.3, -0.25) is 4.79 Å². The number of aromatic hydroxyl groups is 1. The molecule has 1 heterocycles. The van der Waals surface area contributed by atoms with E-state index >= 15 is 0 Å². The van der Waals surface area contributed by atoms with Crippen molar-refractivity contribution in [2.75, 3.05) is 0 Å². The number of aldehydes is 1. The maximum Gasteiger partial charge on any atom is 0.150 e. The predicted octanol–water partition coefficient (Wildman–Crippen LogP) is 2.30. The van der Waals surface area contributed by atoms with E-state index in [1.807, 2.05) is 0 Å². The van der Waals surface area contributed by atoms with Gasteiger partial charge in [-0.05, 0) is 30.3 Å². The summed E-state index contributed by atoms with van der Waals surface area (Å²) in [6.07, 6.45) is 0.772. The molecule has 4 heteroatoms. The maximum absolute atomic E-state index is 10.7. The van der Waals surface area contributed by atoms with E-state index in [-0.39, 0.29) is 5.75 Å². The summed E-state index contributed by atoms with van der Waals surface area (Å²) in [6, 6.07) is 9.98. The molecule has 0 aliphatic carbocycles. The van der Waals surface area contributed by atoms with Crippen molar-refractivity contribution in [3.63, 3.8) is 0 Å². The third-order valence-electron chi connectivity index (χ3n) is 2.58. The van der Waals surface area contributed by atoms with Crippen LogP contribution in [0.4, 0.5) is 0 Å². The number of nitrogens with zero attached hydrogens (tertiary/aromatic N) is 2. The minimum Gasteiger partial charge on any atom is -0.508 e. The topological polar surface area (TPSA) is 63.1 Å². The molecule has 0 spiro atoms. The quantitative estimate of drug-likeness (QED) is 0.509. The van der Waals surface area contributed by atoms with Crippen LogP contribution < -0.4 is 0 Å². The highest BCUT2D eigenvalue weighted by atomic mass is 16.3. The van der Waals surface area contributed by atoms with Crippen LogP contribution in [0.15, 0.2) is 36.4 Å². The Morgan fingerprint density at radius 2 is 1.53 bits per heavy atom. The molecule has 3 rings (SSSR count). The van der Waals surface area contributed by atoms with Gasteiger partial charge in [0.1, 0.15) is 12.0 Å². The van der Waals surface area contributed by atoms with Gasteiger partial charge < -0.3 is 5.11 Å². The lowest BCUT2D eigenvalue weighted by Crippen LogP contribution is -1.89. The average molecular weight is 224 g/mol. The van der Waals surface area contributed by atoms with Crippen LogP contribution in [0.2, 0.25) is 0 Å². The fraction of sp³-hybridized carbons (Fsp3) is 0. The second kappa shape index (κ2) is 3.52. The van der Waals surface area contributed by atoms with Crippen LogP contribution in [0, 0.1) is 0 Å². The van der Waals surface area contributed by atoms with Crippen LogP contribution in [0.5, 0.6) is 5.75 Å². The third-order valence-corrected chi connectivity index (χ3v) is 2.58. The number of benzene rings is 2. The molecular weight excluding hydrogens is 216 g/mol. The largest absolute Gasteiger partial charge is 0.508 e.